The molecule has 0 atom stereocenters. The molecule has 0 bridgehead atoms. The third-order valence-corrected chi connectivity index (χ3v) is 2.92. The molecule has 0 amide bonds. The molecule has 0 radical (unpaired) electrons. The second-order valence-corrected chi connectivity index (χ2v) is 4.37. The zero-order valence-corrected chi connectivity index (χ0v) is 11.2. The largest absolute Gasteiger partial charge is 0.497 e. The fourth-order valence-electron chi connectivity index (χ4n) is 1.66. The lowest BCUT2D eigenvalue weighted by Gasteiger charge is -2.03. The van der Waals surface area contributed by atoms with Gasteiger partial charge in [-0.05, 0) is 23.8 Å². The SMILES string of the molecule is COc1cccc(C(=O)/C(Cl)=C/c2ccccc2)c1. The number of Topliss-reactive ketones (excluding diaryl/α,β-unsaturated/α-hetero) is 1. The molecule has 0 N–H and O–H groups in total. The Hall–Kier alpha value is -2.06. The van der Waals surface area contributed by atoms with E-state index >= 15 is 0 Å². The van der Waals surface area contributed by atoms with Crippen molar-refractivity contribution in [1.82, 2.24) is 0 Å². The summed E-state index contributed by atoms with van der Waals surface area (Å²) >= 11 is 6.07. The van der Waals surface area contributed by atoms with Gasteiger partial charge < -0.3 is 4.74 Å². The van der Waals surface area contributed by atoms with Gasteiger partial charge in [0.25, 0.3) is 0 Å². The highest BCUT2D eigenvalue weighted by Gasteiger charge is 2.10. The Bertz CT molecular complexity index is 603. The van der Waals surface area contributed by atoms with Crippen molar-refractivity contribution in [2.75, 3.05) is 7.11 Å². The van der Waals surface area contributed by atoms with Crippen molar-refractivity contribution in [3.8, 4) is 5.75 Å². The summed E-state index contributed by atoms with van der Waals surface area (Å²) in [6.45, 7) is 0. The fourth-order valence-corrected chi connectivity index (χ4v) is 1.90. The van der Waals surface area contributed by atoms with Crippen molar-refractivity contribution in [3.63, 3.8) is 0 Å². The number of halogens is 1. The Morgan fingerprint density at radius 3 is 2.53 bits per heavy atom. The van der Waals surface area contributed by atoms with Gasteiger partial charge >= 0.3 is 0 Å². The maximum atomic E-state index is 12.2. The Morgan fingerprint density at radius 2 is 1.84 bits per heavy atom. The number of ether oxygens (including phenoxy) is 1. The number of carbonyl (C=O) groups is 1. The molecule has 96 valence electrons. The molecule has 0 aliphatic heterocycles. The van der Waals surface area contributed by atoms with E-state index in [1.807, 2.05) is 30.3 Å². The molecule has 0 saturated heterocycles. The van der Waals surface area contributed by atoms with Crippen LogP contribution in [0.4, 0.5) is 0 Å². The van der Waals surface area contributed by atoms with Gasteiger partial charge in [-0.25, -0.2) is 0 Å². The van der Waals surface area contributed by atoms with Gasteiger partial charge in [0.1, 0.15) is 5.75 Å². The third kappa shape index (κ3) is 3.46. The Morgan fingerprint density at radius 1 is 1.11 bits per heavy atom. The average molecular weight is 273 g/mol. The van der Waals surface area contributed by atoms with Gasteiger partial charge in [-0.2, -0.15) is 0 Å². The standard InChI is InChI=1S/C16H13ClO2/c1-19-14-9-5-8-13(11-14)16(18)15(17)10-12-6-3-2-4-7-12/h2-11H,1H3/b15-10-. The molecule has 0 unspecified atom stereocenters. The molecule has 2 nitrogen and oxygen atoms in total. The van der Waals surface area contributed by atoms with E-state index in [2.05, 4.69) is 0 Å². The highest BCUT2D eigenvalue weighted by molar-refractivity contribution is 6.47. The number of carbonyl (C=O) groups excluding carboxylic acids is 1. The second-order valence-electron chi connectivity index (χ2n) is 3.96. The predicted octanol–water partition coefficient (Wildman–Crippen LogP) is 4.16. The van der Waals surface area contributed by atoms with Crippen LogP contribution in [-0.4, -0.2) is 12.9 Å². The van der Waals surface area contributed by atoms with E-state index in [0.717, 1.165) is 5.56 Å². The molecule has 0 spiro atoms. The number of hydrogen-bond donors (Lipinski definition) is 0. The first kappa shape index (κ1) is 13.4. The first-order valence-electron chi connectivity index (χ1n) is 5.81. The first-order valence-corrected chi connectivity index (χ1v) is 6.19. The van der Waals surface area contributed by atoms with E-state index in [1.165, 1.54) is 0 Å². The summed E-state index contributed by atoms with van der Waals surface area (Å²) in [7, 11) is 1.56. The monoisotopic (exact) mass is 272 g/mol. The maximum absolute atomic E-state index is 12.2. The summed E-state index contributed by atoms with van der Waals surface area (Å²) in [4.78, 5) is 12.2. The van der Waals surface area contributed by atoms with Gasteiger partial charge in [-0.3, -0.25) is 4.79 Å². The van der Waals surface area contributed by atoms with Crippen molar-refractivity contribution in [2.45, 2.75) is 0 Å². The van der Waals surface area contributed by atoms with Gasteiger partial charge in [-0.15, -0.1) is 0 Å². The lowest BCUT2D eigenvalue weighted by Crippen LogP contribution is -1.99. The van der Waals surface area contributed by atoms with Crippen LogP contribution < -0.4 is 4.74 Å². The highest BCUT2D eigenvalue weighted by atomic mass is 35.5. The van der Waals surface area contributed by atoms with Crippen LogP contribution in [0.15, 0.2) is 59.6 Å². The zero-order valence-electron chi connectivity index (χ0n) is 10.5. The zero-order chi connectivity index (χ0) is 13.7. The summed E-state index contributed by atoms with van der Waals surface area (Å²) in [5.74, 6) is 0.416. The number of rotatable bonds is 4. The molecule has 2 aromatic rings. The normalized spacial score (nSPS) is 11.2. The van der Waals surface area contributed by atoms with Crippen LogP contribution in [0.5, 0.6) is 5.75 Å². The molecule has 0 aliphatic rings. The van der Waals surface area contributed by atoms with Gasteiger partial charge in [0.15, 0.2) is 0 Å². The quantitative estimate of drug-likeness (QED) is 0.617. The second kappa shape index (κ2) is 6.21. The van der Waals surface area contributed by atoms with E-state index in [-0.39, 0.29) is 10.8 Å². The molecule has 19 heavy (non-hydrogen) atoms. The Balaban J connectivity index is 2.26. The van der Waals surface area contributed by atoms with Crippen LogP contribution in [0.1, 0.15) is 15.9 Å². The van der Waals surface area contributed by atoms with Crippen LogP contribution in [-0.2, 0) is 0 Å². The van der Waals surface area contributed by atoms with Gasteiger partial charge in [0.2, 0.25) is 5.78 Å². The molecule has 2 rings (SSSR count). The van der Waals surface area contributed by atoms with Crippen molar-refractivity contribution >= 4 is 23.5 Å². The van der Waals surface area contributed by atoms with Crippen LogP contribution in [0, 0.1) is 0 Å². The lowest BCUT2D eigenvalue weighted by molar-refractivity contribution is 0.104. The fraction of sp³-hybridized carbons (Fsp3) is 0.0625. The third-order valence-electron chi connectivity index (χ3n) is 2.64. The molecule has 0 aromatic heterocycles. The Kier molecular flexibility index (Phi) is 4.37. The molecule has 0 fully saturated rings. The molecular weight excluding hydrogens is 260 g/mol. The molecular formula is C16H13ClO2. The summed E-state index contributed by atoms with van der Waals surface area (Å²) < 4.78 is 5.09. The smallest absolute Gasteiger partial charge is 0.204 e. The van der Waals surface area contributed by atoms with E-state index in [1.54, 1.807) is 37.5 Å². The molecule has 0 heterocycles. The number of ketones is 1. The minimum atomic E-state index is -0.218. The molecule has 2 aromatic carbocycles. The van der Waals surface area contributed by atoms with E-state index in [0.29, 0.717) is 11.3 Å². The van der Waals surface area contributed by atoms with Crippen molar-refractivity contribution < 1.29 is 9.53 Å². The number of hydrogen-bond acceptors (Lipinski definition) is 2. The van der Waals surface area contributed by atoms with Gasteiger partial charge in [0, 0.05) is 5.56 Å². The van der Waals surface area contributed by atoms with Crippen molar-refractivity contribution in [1.29, 1.82) is 0 Å². The number of methoxy groups -OCH3 is 1. The van der Waals surface area contributed by atoms with Gasteiger partial charge in [0.05, 0.1) is 12.1 Å². The number of benzene rings is 2. The van der Waals surface area contributed by atoms with E-state index in [9.17, 15) is 4.79 Å². The van der Waals surface area contributed by atoms with Crippen LogP contribution in [0.2, 0.25) is 0 Å². The van der Waals surface area contributed by atoms with Crippen LogP contribution in [0.25, 0.3) is 6.08 Å². The van der Waals surface area contributed by atoms with E-state index < -0.39 is 0 Å². The Labute approximate surface area is 117 Å². The number of allylic oxidation sites excluding steroid dienone is 1. The van der Waals surface area contributed by atoms with Crippen LogP contribution in [0.3, 0.4) is 0 Å². The highest BCUT2D eigenvalue weighted by Crippen LogP contribution is 2.19. The van der Waals surface area contributed by atoms with Crippen molar-refractivity contribution in [2.24, 2.45) is 0 Å². The van der Waals surface area contributed by atoms with E-state index in [4.69, 9.17) is 16.3 Å². The molecule has 0 saturated carbocycles. The summed E-state index contributed by atoms with van der Waals surface area (Å²) in [6, 6.07) is 16.4. The summed E-state index contributed by atoms with van der Waals surface area (Å²) in [5, 5.41) is 0.180. The lowest BCUT2D eigenvalue weighted by atomic mass is 10.1. The van der Waals surface area contributed by atoms with Crippen LogP contribution >= 0.6 is 11.6 Å². The maximum Gasteiger partial charge on any atom is 0.204 e. The minimum absolute atomic E-state index is 0.180. The summed E-state index contributed by atoms with van der Waals surface area (Å²) in [6.07, 6.45) is 1.66. The van der Waals surface area contributed by atoms with Gasteiger partial charge in [-0.1, -0.05) is 54.1 Å². The summed E-state index contributed by atoms with van der Waals surface area (Å²) in [5.41, 5.74) is 1.40. The first-order chi connectivity index (χ1) is 9.20. The minimum Gasteiger partial charge on any atom is -0.497 e. The molecule has 3 heteroatoms. The predicted molar refractivity (Wildman–Crippen MR) is 77.6 cm³/mol. The average Bonchev–Trinajstić information content (AvgIpc) is 2.47. The molecule has 0 aliphatic carbocycles. The van der Waals surface area contributed by atoms with Crippen molar-refractivity contribution in [3.05, 3.63) is 70.8 Å². The topological polar surface area (TPSA) is 26.3 Å².